The molecule has 0 aliphatic carbocycles. The van der Waals surface area contributed by atoms with Crippen LogP contribution < -0.4 is 15.4 Å². The van der Waals surface area contributed by atoms with Crippen LogP contribution in [0.25, 0.3) is 5.69 Å². The van der Waals surface area contributed by atoms with Crippen LogP contribution in [0, 0.1) is 11.6 Å². The number of hydrogen-bond acceptors (Lipinski definition) is 3. The average molecular weight is 422 g/mol. The van der Waals surface area contributed by atoms with Gasteiger partial charge in [0.25, 0.3) is 6.43 Å². The average Bonchev–Trinajstić information content (AvgIpc) is 3.18. The minimum absolute atomic E-state index is 0.0843. The molecule has 6 nitrogen and oxygen atoms in total. The Kier molecular flexibility index (Phi) is 6.89. The molecular weight excluding hydrogens is 404 g/mol. The minimum Gasteiger partial charge on any atom is -0.488 e. The molecule has 0 spiro atoms. The lowest BCUT2D eigenvalue weighted by atomic mass is 10.2. The molecule has 3 rings (SSSR count). The Bertz CT molecular complexity index is 1010. The van der Waals surface area contributed by atoms with E-state index in [1.807, 2.05) is 0 Å². The fourth-order valence-corrected chi connectivity index (χ4v) is 2.58. The molecule has 1 heterocycles. The van der Waals surface area contributed by atoms with E-state index in [0.717, 1.165) is 12.1 Å². The molecule has 0 bridgehead atoms. The van der Waals surface area contributed by atoms with Crippen molar-refractivity contribution in [3.63, 3.8) is 0 Å². The van der Waals surface area contributed by atoms with E-state index >= 15 is 0 Å². The van der Waals surface area contributed by atoms with Gasteiger partial charge in [-0.1, -0.05) is 12.1 Å². The summed E-state index contributed by atoms with van der Waals surface area (Å²) in [4.78, 5) is 12.0. The number of rotatable bonds is 8. The second-order valence-corrected chi connectivity index (χ2v) is 6.27. The van der Waals surface area contributed by atoms with Gasteiger partial charge < -0.3 is 15.4 Å². The summed E-state index contributed by atoms with van der Waals surface area (Å²) in [6.45, 7) is -0.406. The first-order chi connectivity index (χ1) is 14.4. The maximum Gasteiger partial charge on any atom is 0.315 e. The minimum atomic E-state index is -2.57. The number of carbonyl (C=O) groups is 1. The van der Waals surface area contributed by atoms with Crippen molar-refractivity contribution in [2.24, 2.45) is 0 Å². The Morgan fingerprint density at radius 3 is 2.57 bits per heavy atom. The van der Waals surface area contributed by atoms with Gasteiger partial charge in [-0.15, -0.1) is 0 Å². The van der Waals surface area contributed by atoms with Crippen molar-refractivity contribution >= 4 is 6.03 Å². The number of halogens is 4. The molecule has 0 radical (unpaired) electrons. The van der Waals surface area contributed by atoms with Gasteiger partial charge in [0.2, 0.25) is 0 Å². The van der Waals surface area contributed by atoms with E-state index in [1.165, 1.54) is 23.1 Å². The molecule has 158 valence electrons. The number of aromatic nitrogens is 2. The van der Waals surface area contributed by atoms with E-state index in [2.05, 4.69) is 15.7 Å². The summed E-state index contributed by atoms with van der Waals surface area (Å²) in [7, 11) is 0. The number of ether oxygens (including phenoxy) is 1. The van der Waals surface area contributed by atoms with Crippen LogP contribution in [0.3, 0.4) is 0 Å². The second-order valence-electron chi connectivity index (χ2n) is 6.27. The van der Waals surface area contributed by atoms with Crippen molar-refractivity contribution in [1.82, 2.24) is 20.4 Å². The summed E-state index contributed by atoms with van der Waals surface area (Å²) in [5.41, 5.74) is 1.37. The number of benzene rings is 2. The molecule has 0 unspecified atom stereocenters. The van der Waals surface area contributed by atoms with E-state index < -0.39 is 30.7 Å². The van der Waals surface area contributed by atoms with Crippen LogP contribution >= 0.6 is 0 Å². The van der Waals surface area contributed by atoms with Crippen molar-refractivity contribution in [3.8, 4) is 11.4 Å². The fourth-order valence-electron chi connectivity index (χ4n) is 2.58. The maximum atomic E-state index is 13.8. The van der Waals surface area contributed by atoms with Crippen molar-refractivity contribution in [3.05, 3.63) is 77.6 Å². The number of urea groups is 1. The Balaban J connectivity index is 1.48. The Hall–Kier alpha value is -3.56. The lowest BCUT2D eigenvalue weighted by molar-refractivity contribution is 0.0818. The molecule has 0 aliphatic heterocycles. The van der Waals surface area contributed by atoms with Gasteiger partial charge in [-0.05, 0) is 29.8 Å². The van der Waals surface area contributed by atoms with Crippen molar-refractivity contribution in [2.45, 2.75) is 19.5 Å². The highest BCUT2D eigenvalue weighted by molar-refractivity contribution is 5.73. The van der Waals surface area contributed by atoms with Crippen LogP contribution in [-0.2, 0) is 13.1 Å². The SMILES string of the molecule is O=C(NCc1cccc(OCC(F)F)c1)NCc1cnn(-c2ccc(F)cc2F)c1. The highest BCUT2D eigenvalue weighted by Crippen LogP contribution is 2.15. The van der Waals surface area contributed by atoms with E-state index in [4.69, 9.17) is 4.74 Å². The number of amides is 2. The molecule has 2 amide bonds. The molecule has 0 fully saturated rings. The molecule has 1 aromatic heterocycles. The number of hydrogen-bond donors (Lipinski definition) is 2. The van der Waals surface area contributed by atoms with Crippen LogP contribution in [0.1, 0.15) is 11.1 Å². The largest absolute Gasteiger partial charge is 0.488 e. The standard InChI is InChI=1S/C20H18F4N4O2/c21-15-4-5-18(17(22)7-15)28-11-14(10-27-28)9-26-20(29)25-8-13-2-1-3-16(6-13)30-12-19(23)24/h1-7,10-11,19H,8-9,12H2,(H2,25,26,29). The molecular formula is C20H18F4N4O2. The third kappa shape index (κ3) is 5.97. The summed E-state index contributed by atoms with van der Waals surface area (Å²) in [5.74, 6) is -1.15. The van der Waals surface area contributed by atoms with Gasteiger partial charge in [-0.2, -0.15) is 5.10 Å². The number of nitrogens with zero attached hydrogens (tertiary/aromatic N) is 2. The van der Waals surface area contributed by atoms with Crippen LogP contribution in [0.5, 0.6) is 5.75 Å². The van der Waals surface area contributed by atoms with E-state index in [1.54, 1.807) is 24.3 Å². The fraction of sp³-hybridized carbons (Fsp3) is 0.200. The molecule has 0 saturated carbocycles. The van der Waals surface area contributed by atoms with Crippen molar-refractivity contribution in [1.29, 1.82) is 0 Å². The normalized spacial score (nSPS) is 10.8. The molecule has 30 heavy (non-hydrogen) atoms. The summed E-state index contributed by atoms with van der Waals surface area (Å²) in [5, 5.41) is 9.26. The first-order valence-corrected chi connectivity index (χ1v) is 8.91. The Labute approximate surface area is 169 Å². The first-order valence-electron chi connectivity index (χ1n) is 8.91. The maximum absolute atomic E-state index is 13.8. The third-order valence-electron chi connectivity index (χ3n) is 3.97. The first kappa shape index (κ1) is 21.2. The smallest absolute Gasteiger partial charge is 0.315 e. The van der Waals surface area contributed by atoms with Crippen LogP contribution in [0.15, 0.2) is 54.9 Å². The topological polar surface area (TPSA) is 68.2 Å². The lowest BCUT2D eigenvalue weighted by Crippen LogP contribution is -2.34. The third-order valence-corrected chi connectivity index (χ3v) is 3.97. The zero-order valence-electron chi connectivity index (χ0n) is 15.6. The number of nitrogens with one attached hydrogen (secondary N) is 2. The lowest BCUT2D eigenvalue weighted by Gasteiger charge is -2.09. The van der Waals surface area contributed by atoms with Crippen LogP contribution in [-0.4, -0.2) is 28.8 Å². The van der Waals surface area contributed by atoms with Gasteiger partial charge in [0.15, 0.2) is 5.82 Å². The summed E-state index contributed by atoms with van der Waals surface area (Å²) in [6.07, 6.45) is 0.398. The van der Waals surface area contributed by atoms with Crippen LogP contribution in [0.2, 0.25) is 0 Å². The zero-order valence-corrected chi connectivity index (χ0v) is 15.6. The monoisotopic (exact) mass is 422 g/mol. The molecule has 3 aromatic rings. The quantitative estimate of drug-likeness (QED) is 0.543. The number of carbonyl (C=O) groups excluding carboxylic acids is 1. The van der Waals surface area contributed by atoms with Gasteiger partial charge >= 0.3 is 6.03 Å². The summed E-state index contributed by atoms with van der Waals surface area (Å²) in [6, 6.07) is 9.15. The molecule has 2 aromatic carbocycles. The highest BCUT2D eigenvalue weighted by atomic mass is 19.3. The molecule has 0 aliphatic rings. The van der Waals surface area contributed by atoms with Gasteiger partial charge in [0.1, 0.15) is 23.9 Å². The van der Waals surface area contributed by atoms with Gasteiger partial charge in [-0.25, -0.2) is 27.0 Å². The Morgan fingerprint density at radius 2 is 1.83 bits per heavy atom. The van der Waals surface area contributed by atoms with E-state index in [9.17, 15) is 22.4 Å². The molecule has 0 atom stereocenters. The Morgan fingerprint density at radius 1 is 1.07 bits per heavy atom. The zero-order chi connectivity index (χ0) is 21.5. The summed E-state index contributed by atoms with van der Waals surface area (Å²) < 4.78 is 57.4. The van der Waals surface area contributed by atoms with E-state index in [-0.39, 0.29) is 24.5 Å². The van der Waals surface area contributed by atoms with Gasteiger partial charge in [0, 0.05) is 30.9 Å². The molecule has 2 N–H and O–H groups in total. The van der Waals surface area contributed by atoms with Crippen molar-refractivity contribution < 1.29 is 27.1 Å². The number of alkyl halides is 2. The van der Waals surface area contributed by atoms with Crippen molar-refractivity contribution in [2.75, 3.05) is 6.61 Å². The predicted octanol–water partition coefficient (Wildman–Crippen LogP) is 3.79. The van der Waals surface area contributed by atoms with Gasteiger partial charge in [-0.3, -0.25) is 0 Å². The highest BCUT2D eigenvalue weighted by Gasteiger charge is 2.09. The summed E-state index contributed by atoms with van der Waals surface area (Å²) >= 11 is 0. The van der Waals surface area contributed by atoms with Gasteiger partial charge in [0.05, 0.1) is 6.20 Å². The van der Waals surface area contributed by atoms with E-state index in [0.29, 0.717) is 11.1 Å². The molecule has 10 heteroatoms. The molecule has 0 saturated heterocycles. The van der Waals surface area contributed by atoms with Crippen LogP contribution in [0.4, 0.5) is 22.4 Å². The predicted molar refractivity (Wildman–Crippen MR) is 100 cm³/mol. The second kappa shape index (κ2) is 9.77.